The van der Waals surface area contributed by atoms with Crippen molar-refractivity contribution in [3.8, 4) is 16.9 Å². The van der Waals surface area contributed by atoms with Crippen molar-refractivity contribution in [1.82, 2.24) is 25.0 Å². The summed E-state index contributed by atoms with van der Waals surface area (Å²) in [4.78, 5) is 24.8. The number of piperidine rings is 1. The summed E-state index contributed by atoms with van der Waals surface area (Å²) < 4.78 is 6.43. The number of carbonyl (C=O) groups is 1. The number of hydrazine groups is 1. The zero-order chi connectivity index (χ0) is 23.5. The third-order valence-electron chi connectivity index (χ3n) is 6.71. The topological polar surface area (TPSA) is 95.8 Å². The fraction of sp³-hybridized carbons (Fsp3) is 0.417. The van der Waals surface area contributed by atoms with Crippen LogP contribution in [0.1, 0.15) is 36.0 Å². The van der Waals surface area contributed by atoms with Crippen molar-refractivity contribution in [1.29, 1.82) is 0 Å². The summed E-state index contributed by atoms with van der Waals surface area (Å²) in [5.41, 5.74) is 12.2. The van der Waals surface area contributed by atoms with Crippen molar-refractivity contribution >= 4 is 35.3 Å². The van der Waals surface area contributed by atoms with Crippen LogP contribution in [0, 0.1) is 0 Å². The molecule has 3 aliphatic heterocycles. The second kappa shape index (κ2) is 10.4. The SMILES string of the molecule is Nc1ncc(-c2ccc(C(=O)N3CCC(N4CCCC4)CC3)cc2)cc1OCC1=C(Cl)SNN1. The Balaban J connectivity index is 1.21. The van der Waals surface area contributed by atoms with E-state index in [0.29, 0.717) is 27.5 Å². The monoisotopic (exact) mass is 500 g/mol. The number of hydrogen-bond acceptors (Lipinski definition) is 8. The van der Waals surface area contributed by atoms with Gasteiger partial charge in [0.05, 0.1) is 5.70 Å². The molecule has 8 nitrogen and oxygen atoms in total. The number of hydrogen-bond donors (Lipinski definition) is 3. The molecule has 4 heterocycles. The fourth-order valence-electron chi connectivity index (χ4n) is 4.74. The summed E-state index contributed by atoms with van der Waals surface area (Å²) in [7, 11) is 0. The lowest BCUT2D eigenvalue weighted by Gasteiger charge is -2.36. The Bertz CT molecular complexity index is 1070. The third kappa shape index (κ3) is 5.12. The number of nitrogens with one attached hydrogen (secondary N) is 2. The molecular formula is C24H29ClN6O2S. The molecule has 0 spiro atoms. The lowest BCUT2D eigenvalue weighted by Crippen LogP contribution is -2.45. The second-order valence-corrected chi connectivity index (χ2v) is 10.2. The van der Waals surface area contributed by atoms with Gasteiger partial charge < -0.3 is 25.7 Å². The van der Waals surface area contributed by atoms with Crippen LogP contribution in [0.5, 0.6) is 5.75 Å². The van der Waals surface area contributed by atoms with Crippen LogP contribution in [0.15, 0.2) is 46.6 Å². The van der Waals surface area contributed by atoms with Gasteiger partial charge in [-0.25, -0.2) is 4.98 Å². The molecule has 5 rings (SSSR count). The number of nitrogens with two attached hydrogens (primary N) is 1. The zero-order valence-corrected chi connectivity index (χ0v) is 20.5. The van der Waals surface area contributed by atoms with Gasteiger partial charge in [0.2, 0.25) is 0 Å². The van der Waals surface area contributed by atoms with Crippen LogP contribution >= 0.6 is 23.5 Å². The number of amides is 1. The van der Waals surface area contributed by atoms with E-state index in [2.05, 4.69) is 20.1 Å². The predicted octanol–water partition coefficient (Wildman–Crippen LogP) is 3.57. The highest BCUT2D eigenvalue weighted by Gasteiger charge is 2.28. The van der Waals surface area contributed by atoms with Crippen molar-refractivity contribution in [3.63, 3.8) is 0 Å². The molecule has 10 heteroatoms. The van der Waals surface area contributed by atoms with E-state index in [1.54, 1.807) is 6.20 Å². The minimum absolute atomic E-state index is 0.103. The fourth-order valence-corrected chi connectivity index (χ4v) is 5.46. The molecule has 0 bridgehead atoms. The number of pyridine rings is 1. The number of likely N-dealkylation sites (tertiary alicyclic amines) is 2. The molecule has 0 aliphatic carbocycles. The highest BCUT2D eigenvalue weighted by atomic mass is 35.5. The molecule has 180 valence electrons. The van der Waals surface area contributed by atoms with E-state index in [1.165, 1.54) is 37.9 Å². The van der Waals surface area contributed by atoms with Gasteiger partial charge in [0, 0.05) is 36.5 Å². The first-order chi connectivity index (χ1) is 16.6. The Labute approximate surface area is 209 Å². The number of halogens is 1. The number of rotatable bonds is 6. The summed E-state index contributed by atoms with van der Waals surface area (Å²) >= 11 is 7.39. The Hall–Kier alpha value is -2.46. The van der Waals surface area contributed by atoms with Crippen molar-refractivity contribution < 1.29 is 9.53 Å². The smallest absolute Gasteiger partial charge is 0.253 e. The molecule has 2 saturated heterocycles. The summed E-state index contributed by atoms with van der Waals surface area (Å²) in [5, 5.41) is 0. The Morgan fingerprint density at radius 1 is 1.15 bits per heavy atom. The first-order valence-electron chi connectivity index (χ1n) is 11.7. The molecule has 2 aromatic rings. The molecule has 1 aromatic heterocycles. The Kier molecular flexibility index (Phi) is 7.15. The number of carbonyl (C=O) groups excluding carboxylic acids is 1. The highest BCUT2D eigenvalue weighted by molar-refractivity contribution is 8.02. The summed E-state index contributed by atoms with van der Waals surface area (Å²) in [6, 6.07) is 10.1. The zero-order valence-electron chi connectivity index (χ0n) is 18.9. The summed E-state index contributed by atoms with van der Waals surface area (Å²) in [5.74, 6) is 0.893. The average molecular weight is 501 g/mol. The van der Waals surface area contributed by atoms with Crippen molar-refractivity contribution in [2.24, 2.45) is 0 Å². The number of benzene rings is 1. The average Bonchev–Trinajstić information content (AvgIpc) is 3.55. The van der Waals surface area contributed by atoms with Crippen molar-refractivity contribution in [2.45, 2.75) is 31.7 Å². The lowest BCUT2D eigenvalue weighted by molar-refractivity contribution is 0.0644. The van der Waals surface area contributed by atoms with Crippen LogP contribution in [-0.2, 0) is 0 Å². The summed E-state index contributed by atoms with van der Waals surface area (Å²) in [6.07, 6.45) is 6.46. The quantitative estimate of drug-likeness (QED) is 0.518. The maximum absolute atomic E-state index is 13.0. The van der Waals surface area contributed by atoms with Gasteiger partial charge in [-0.05, 0) is 74.5 Å². The van der Waals surface area contributed by atoms with E-state index >= 15 is 0 Å². The van der Waals surface area contributed by atoms with E-state index in [0.717, 1.165) is 42.8 Å². The number of aromatic nitrogens is 1. The molecule has 0 atom stereocenters. The molecule has 3 aliphatic rings. The van der Waals surface area contributed by atoms with E-state index in [9.17, 15) is 4.79 Å². The molecule has 0 unspecified atom stereocenters. The van der Waals surface area contributed by atoms with Gasteiger partial charge >= 0.3 is 0 Å². The predicted molar refractivity (Wildman–Crippen MR) is 136 cm³/mol. The van der Waals surface area contributed by atoms with Gasteiger partial charge in [0.15, 0.2) is 11.6 Å². The Morgan fingerprint density at radius 2 is 1.88 bits per heavy atom. The Morgan fingerprint density at radius 3 is 2.56 bits per heavy atom. The number of nitrogen functional groups attached to an aromatic ring is 1. The number of anilines is 1. The standard InChI is InChI=1S/C24H29ClN6O2S/c25-22-20(28-29-34-22)15-33-21-13-18(14-27-23(21)26)16-3-5-17(6-4-16)24(32)31-11-7-19(8-12-31)30-9-1-2-10-30/h3-6,13-14,19,28-29H,1-2,7-12,15H2,(H2,26,27). The maximum atomic E-state index is 13.0. The van der Waals surface area contributed by atoms with Gasteiger partial charge in [-0.15, -0.1) is 0 Å². The molecule has 0 radical (unpaired) electrons. The molecule has 1 amide bonds. The van der Waals surface area contributed by atoms with Crippen molar-refractivity contribution in [2.75, 3.05) is 38.5 Å². The second-order valence-electron chi connectivity index (χ2n) is 8.82. The normalized spacial score (nSPS) is 19.5. The van der Waals surface area contributed by atoms with Crippen LogP contribution in [-0.4, -0.2) is 59.5 Å². The number of ether oxygens (including phenoxy) is 1. The van der Waals surface area contributed by atoms with Crippen LogP contribution in [0.3, 0.4) is 0 Å². The highest BCUT2D eigenvalue weighted by Crippen LogP contribution is 2.30. The minimum atomic E-state index is 0.103. The van der Waals surface area contributed by atoms with Gasteiger partial charge in [-0.1, -0.05) is 23.7 Å². The van der Waals surface area contributed by atoms with Gasteiger partial charge in [0.25, 0.3) is 5.91 Å². The van der Waals surface area contributed by atoms with E-state index in [4.69, 9.17) is 22.1 Å². The molecule has 1 aromatic carbocycles. The molecule has 2 fully saturated rings. The lowest BCUT2D eigenvalue weighted by atomic mass is 10.0. The van der Waals surface area contributed by atoms with Crippen LogP contribution in [0.2, 0.25) is 0 Å². The van der Waals surface area contributed by atoms with Crippen LogP contribution in [0.25, 0.3) is 11.1 Å². The van der Waals surface area contributed by atoms with Gasteiger partial charge in [-0.2, -0.15) is 4.83 Å². The van der Waals surface area contributed by atoms with Crippen molar-refractivity contribution in [3.05, 3.63) is 52.2 Å². The van der Waals surface area contributed by atoms with Gasteiger partial charge in [0.1, 0.15) is 11.0 Å². The summed E-state index contributed by atoms with van der Waals surface area (Å²) in [6.45, 7) is 4.33. The van der Waals surface area contributed by atoms with E-state index in [-0.39, 0.29) is 12.5 Å². The maximum Gasteiger partial charge on any atom is 0.253 e. The largest absolute Gasteiger partial charge is 0.483 e. The van der Waals surface area contributed by atoms with E-state index < -0.39 is 0 Å². The molecule has 34 heavy (non-hydrogen) atoms. The first kappa shape index (κ1) is 23.3. The van der Waals surface area contributed by atoms with Gasteiger partial charge in [-0.3, -0.25) is 4.79 Å². The number of nitrogens with zero attached hydrogens (tertiary/aromatic N) is 3. The van der Waals surface area contributed by atoms with E-state index in [1.807, 2.05) is 35.2 Å². The molecule has 0 saturated carbocycles. The van der Waals surface area contributed by atoms with Crippen LogP contribution < -0.4 is 20.7 Å². The molecule has 4 N–H and O–H groups in total. The molecular weight excluding hydrogens is 472 g/mol. The van der Waals surface area contributed by atoms with Crippen LogP contribution in [0.4, 0.5) is 5.82 Å². The first-order valence-corrected chi connectivity index (χ1v) is 12.9. The minimum Gasteiger partial charge on any atom is -0.483 e. The third-order valence-corrected chi connectivity index (χ3v) is 7.80.